The van der Waals surface area contributed by atoms with Crippen molar-refractivity contribution in [1.82, 2.24) is 10.3 Å². The number of hydrogen-bond acceptors (Lipinski definition) is 5. The predicted octanol–water partition coefficient (Wildman–Crippen LogP) is 2.43. The second kappa shape index (κ2) is 6.56. The summed E-state index contributed by atoms with van der Waals surface area (Å²) in [5.74, 6) is -0.0698. The summed E-state index contributed by atoms with van der Waals surface area (Å²) in [5, 5.41) is 9.12. The van der Waals surface area contributed by atoms with E-state index in [2.05, 4.69) is 15.6 Å². The van der Waals surface area contributed by atoms with Crippen LogP contribution in [-0.4, -0.2) is 36.2 Å². The second-order valence-corrected chi connectivity index (χ2v) is 6.23. The zero-order valence-electron chi connectivity index (χ0n) is 12.6. The van der Waals surface area contributed by atoms with Crippen LogP contribution < -0.4 is 10.6 Å². The van der Waals surface area contributed by atoms with Crippen LogP contribution in [0.25, 0.3) is 10.6 Å². The molecule has 1 aromatic carbocycles. The Bertz CT molecular complexity index is 671. The third kappa shape index (κ3) is 3.35. The molecule has 1 amide bonds. The number of nitrogens with one attached hydrogen (secondary N) is 2. The lowest BCUT2D eigenvalue weighted by atomic mass is 10.1. The molecule has 1 aromatic heterocycles. The van der Waals surface area contributed by atoms with Gasteiger partial charge in [0, 0.05) is 28.9 Å². The van der Waals surface area contributed by atoms with Crippen LogP contribution in [0, 0.1) is 6.92 Å². The number of nitrogens with zero attached hydrogens (tertiary/aromatic N) is 1. The maximum absolute atomic E-state index is 12.4. The average Bonchev–Trinajstić information content (AvgIpc) is 2.94. The first-order chi connectivity index (χ1) is 10.6. The Kier molecular flexibility index (Phi) is 4.52. The van der Waals surface area contributed by atoms with Crippen molar-refractivity contribution in [3.05, 3.63) is 35.3 Å². The molecule has 1 saturated heterocycles. The number of rotatable bonds is 3. The van der Waals surface area contributed by atoms with E-state index in [-0.39, 0.29) is 18.1 Å². The van der Waals surface area contributed by atoms with Crippen molar-refractivity contribution >= 4 is 22.9 Å². The highest BCUT2D eigenvalue weighted by Crippen LogP contribution is 2.26. The third-order valence-electron chi connectivity index (χ3n) is 3.60. The maximum Gasteiger partial charge on any atom is 0.244 e. The lowest BCUT2D eigenvalue weighted by Gasteiger charge is -2.29. The number of thiazole rings is 1. The number of anilines is 1. The van der Waals surface area contributed by atoms with E-state index in [4.69, 9.17) is 4.74 Å². The van der Waals surface area contributed by atoms with Gasteiger partial charge in [0.1, 0.15) is 11.0 Å². The van der Waals surface area contributed by atoms with E-state index in [1.54, 1.807) is 11.3 Å². The highest BCUT2D eigenvalue weighted by Gasteiger charge is 2.28. The molecule has 0 bridgehead atoms. The van der Waals surface area contributed by atoms with Gasteiger partial charge >= 0.3 is 0 Å². The molecule has 116 valence electrons. The molecule has 5 nitrogen and oxygen atoms in total. The lowest BCUT2D eigenvalue weighted by Crippen LogP contribution is -2.53. The number of morpholine rings is 1. The van der Waals surface area contributed by atoms with Crippen molar-refractivity contribution in [2.45, 2.75) is 26.0 Å². The summed E-state index contributed by atoms with van der Waals surface area (Å²) in [6.07, 6.45) is -0.126. The van der Waals surface area contributed by atoms with Crippen molar-refractivity contribution in [1.29, 1.82) is 0 Å². The topological polar surface area (TPSA) is 63.2 Å². The molecular weight excluding hydrogens is 298 g/mol. The Hall–Kier alpha value is -1.76. The van der Waals surface area contributed by atoms with E-state index in [9.17, 15) is 4.79 Å². The number of ether oxygens (including phenoxy) is 1. The highest BCUT2D eigenvalue weighted by molar-refractivity contribution is 7.13. The molecule has 2 aromatic rings. The number of carbonyl (C=O) groups excluding carboxylic acids is 1. The van der Waals surface area contributed by atoms with E-state index in [1.165, 1.54) is 0 Å². The largest absolute Gasteiger partial charge is 0.375 e. The Balaban J connectivity index is 1.74. The van der Waals surface area contributed by atoms with Gasteiger partial charge in [-0.15, -0.1) is 11.3 Å². The zero-order chi connectivity index (χ0) is 15.5. The van der Waals surface area contributed by atoms with Gasteiger partial charge in [0.15, 0.2) is 0 Å². The molecule has 2 N–H and O–H groups in total. The number of hydrogen-bond donors (Lipinski definition) is 2. The molecule has 0 radical (unpaired) electrons. The standard InChI is InChI=1S/C16H19N3O2S/c1-10-9-22-16(18-10)12-4-3-5-13(8-12)19-15(20)14-11(2)21-7-6-17-14/h3-5,8-9,11,14,17H,6-7H2,1-2H3,(H,19,20)/t11-,14+/m1/s1. The number of aromatic nitrogens is 1. The predicted molar refractivity (Wildman–Crippen MR) is 88.1 cm³/mol. The van der Waals surface area contributed by atoms with Gasteiger partial charge in [0.25, 0.3) is 0 Å². The SMILES string of the molecule is Cc1csc(-c2cccc(NC(=O)[C@H]3NCCO[C@@H]3C)c2)n1. The van der Waals surface area contributed by atoms with Gasteiger partial charge in [-0.2, -0.15) is 0 Å². The van der Waals surface area contributed by atoms with Crippen LogP contribution in [0.3, 0.4) is 0 Å². The van der Waals surface area contributed by atoms with Crippen molar-refractivity contribution in [2.24, 2.45) is 0 Å². The minimum absolute atomic E-state index is 0.0698. The molecule has 0 saturated carbocycles. The molecule has 0 aliphatic carbocycles. The Morgan fingerprint density at radius 1 is 1.50 bits per heavy atom. The Morgan fingerprint density at radius 3 is 3.09 bits per heavy atom. The fourth-order valence-corrected chi connectivity index (χ4v) is 3.26. The molecule has 2 atom stereocenters. The van der Waals surface area contributed by atoms with Gasteiger partial charge in [0.2, 0.25) is 5.91 Å². The summed E-state index contributed by atoms with van der Waals surface area (Å²) in [6, 6.07) is 7.44. The number of aryl methyl sites for hydroxylation is 1. The quantitative estimate of drug-likeness (QED) is 0.913. The summed E-state index contributed by atoms with van der Waals surface area (Å²) in [7, 11) is 0. The summed E-state index contributed by atoms with van der Waals surface area (Å²) >= 11 is 1.60. The van der Waals surface area contributed by atoms with E-state index in [0.717, 1.165) is 22.0 Å². The lowest BCUT2D eigenvalue weighted by molar-refractivity contribution is -0.123. The number of carbonyl (C=O) groups is 1. The van der Waals surface area contributed by atoms with Gasteiger partial charge in [0.05, 0.1) is 12.7 Å². The van der Waals surface area contributed by atoms with Gasteiger partial charge < -0.3 is 15.4 Å². The maximum atomic E-state index is 12.4. The fraction of sp³-hybridized carbons (Fsp3) is 0.375. The van der Waals surface area contributed by atoms with Crippen molar-refractivity contribution < 1.29 is 9.53 Å². The van der Waals surface area contributed by atoms with Crippen LogP contribution in [0.2, 0.25) is 0 Å². The smallest absolute Gasteiger partial charge is 0.244 e. The van der Waals surface area contributed by atoms with Crippen LogP contribution >= 0.6 is 11.3 Å². The van der Waals surface area contributed by atoms with E-state index >= 15 is 0 Å². The Morgan fingerprint density at radius 2 is 2.36 bits per heavy atom. The van der Waals surface area contributed by atoms with Crippen molar-refractivity contribution in [3.8, 4) is 10.6 Å². The summed E-state index contributed by atoms with van der Waals surface area (Å²) in [6.45, 7) is 5.22. The average molecular weight is 317 g/mol. The first-order valence-electron chi connectivity index (χ1n) is 7.32. The second-order valence-electron chi connectivity index (χ2n) is 5.37. The normalized spacial score (nSPS) is 21.5. The molecule has 0 unspecified atom stereocenters. The molecule has 3 rings (SSSR count). The first-order valence-corrected chi connectivity index (χ1v) is 8.20. The summed E-state index contributed by atoms with van der Waals surface area (Å²) in [5.41, 5.74) is 2.79. The van der Waals surface area contributed by atoms with Crippen LogP contribution in [0.15, 0.2) is 29.6 Å². The Labute approximate surface area is 133 Å². The summed E-state index contributed by atoms with van der Waals surface area (Å²) in [4.78, 5) is 16.8. The first kappa shape index (κ1) is 15.1. The van der Waals surface area contributed by atoms with Crippen LogP contribution in [0.4, 0.5) is 5.69 Å². The van der Waals surface area contributed by atoms with Gasteiger partial charge in [-0.25, -0.2) is 4.98 Å². The third-order valence-corrected chi connectivity index (χ3v) is 4.60. The molecule has 0 spiro atoms. The van der Waals surface area contributed by atoms with Gasteiger partial charge in [-0.1, -0.05) is 12.1 Å². The molecule has 6 heteroatoms. The van der Waals surface area contributed by atoms with Crippen LogP contribution in [0.1, 0.15) is 12.6 Å². The number of amides is 1. The van der Waals surface area contributed by atoms with Crippen LogP contribution in [0.5, 0.6) is 0 Å². The molecule has 22 heavy (non-hydrogen) atoms. The monoisotopic (exact) mass is 317 g/mol. The molecule has 1 fully saturated rings. The molecular formula is C16H19N3O2S. The fourth-order valence-electron chi connectivity index (χ4n) is 2.46. The van der Waals surface area contributed by atoms with Crippen molar-refractivity contribution in [2.75, 3.05) is 18.5 Å². The molecule has 1 aliphatic rings. The van der Waals surface area contributed by atoms with E-state index in [1.807, 2.05) is 43.5 Å². The summed E-state index contributed by atoms with van der Waals surface area (Å²) < 4.78 is 5.51. The van der Waals surface area contributed by atoms with Crippen LogP contribution in [-0.2, 0) is 9.53 Å². The zero-order valence-corrected chi connectivity index (χ0v) is 13.4. The minimum atomic E-state index is -0.320. The van der Waals surface area contributed by atoms with Gasteiger partial charge in [-0.3, -0.25) is 4.79 Å². The van der Waals surface area contributed by atoms with E-state index < -0.39 is 0 Å². The van der Waals surface area contributed by atoms with Gasteiger partial charge in [-0.05, 0) is 26.0 Å². The minimum Gasteiger partial charge on any atom is -0.375 e. The van der Waals surface area contributed by atoms with Crippen molar-refractivity contribution in [3.63, 3.8) is 0 Å². The molecule has 2 heterocycles. The van der Waals surface area contributed by atoms with E-state index in [0.29, 0.717) is 13.2 Å². The molecule has 1 aliphatic heterocycles. The highest BCUT2D eigenvalue weighted by atomic mass is 32.1. The number of benzene rings is 1.